The average Bonchev–Trinajstić information content (AvgIpc) is 2.94. The molecule has 0 radical (unpaired) electrons. The molecule has 2 heterocycles. The van der Waals surface area contributed by atoms with Gasteiger partial charge in [-0.15, -0.1) is 0 Å². The van der Waals surface area contributed by atoms with Gasteiger partial charge in [0.2, 0.25) is 16.0 Å². The third kappa shape index (κ3) is 3.63. The number of piperazine rings is 1. The quantitative estimate of drug-likeness (QED) is 0.715. The van der Waals surface area contributed by atoms with Crippen LogP contribution in [0.3, 0.4) is 0 Å². The molecule has 3 rings (SSSR count). The number of ether oxygens (including phenoxy) is 1. The van der Waals surface area contributed by atoms with Crippen molar-refractivity contribution in [2.75, 3.05) is 50.5 Å². The summed E-state index contributed by atoms with van der Waals surface area (Å²) in [6, 6.07) is 4.88. The van der Waals surface area contributed by atoms with Crippen molar-refractivity contribution < 1.29 is 17.5 Å². The minimum atomic E-state index is -3.26. The molecule has 0 unspecified atom stereocenters. The maximum absolute atomic E-state index is 13.9. The van der Waals surface area contributed by atoms with Crippen LogP contribution in [0.2, 0.25) is 0 Å². The lowest BCUT2D eigenvalue weighted by Crippen LogP contribution is -2.50. The number of halogens is 1. The fraction of sp³-hybridized carbons (Fsp3) is 0.562. The molecule has 0 aliphatic carbocycles. The van der Waals surface area contributed by atoms with Gasteiger partial charge >= 0.3 is 0 Å². The maximum atomic E-state index is 13.9. The Kier molecular flexibility index (Phi) is 5.26. The van der Waals surface area contributed by atoms with Crippen LogP contribution in [-0.2, 0) is 21.8 Å². The van der Waals surface area contributed by atoms with E-state index in [1.807, 2.05) is 22.6 Å². The third-order valence-electron chi connectivity index (χ3n) is 4.50. The van der Waals surface area contributed by atoms with Gasteiger partial charge in [-0.3, -0.25) is 0 Å². The largest absolute Gasteiger partial charge is 0.385 e. The van der Waals surface area contributed by atoms with Crippen LogP contribution in [0.5, 0.6) is 0 Å². The Morgan fingerprint density at radius 1 is 1.24 bits per heavy atom. The number of para-hydroxylation sites is 1. The predicted molar refractivity (Wildman–Crippen MR) is 94.7 cm³/mol. The first-order chi connectivity index (χ1) is 11.9. The Balaban J connectivity index is 1.71. The summed E-state index contributed by atoms with van der Waals surface area (Å²) in [5.41, 5.74) is 1.07. The molecule has 0 amide bonds. The number of hydrogen-bond acceptors (Lipinski definition) is 5. The second-order valence-corrected chi connectivity index (χ2v) is 8.22. The maximum Gasteiger partial charge on any atom is 0.214 e. The van der Waals surface area contributed by atoms with Gasteiger partial charge in [-0.1, -0.05) is 6.07 Å². The highest BCUT2D eigenvalue weighted by molar-refractivity contribution is 7.89. The standard InChI is InChI=1S/C16H23FN4O3S/c1-19-14-6-3-5-13(17)15(14)18-16(19)20-7-9-21(10-8-20)25(22,23)12-4-11-24-2/h3,5-6H,4,7-12H2,1-2H3. The first-order valence-electron chi connectivity index (χ1n) is 8.26. The van der Waals surface area contributed by atoms with E-state index in [1.165, 1.54) is 10.4 Å². The number of hydrogen-bond donors (Lipinski definition) is 0. The van der Waals surface area contributed by atoms with Gasteiger partial charge in [-0.2, -0.15) is 4.31 Å². The molecule has 0 bridgehead atoms. The molecule has 1 saturated heterocycles. The first-order valence-corrected chi connectivity index (χ1v) is 9.87. The Hall–Kier alpha value is -1.71. The van der Waals surface area contributed by atoms with E-state index in [-0.39, 0.29) is 11.6 Å². The lowest BCUT2D eigenvalue weighted by atomic mass is 10.3. The summed E-state index contributed by atoms with van der Waals surface area (Å²) < 4.78 is 46.9. The summed E-state index contributed by atoms with van der Waals surface area (Å²) in [4.78, 5) is 6.41. The van der Waals surface area contributed by atoms with Gasteiger partial charge in [0.05, 0.1) is 11.3 Å². The van der Waals surface area contributed by atoms with Gasteiger partial charge < -0.3 is 14.2 Å². The highest BCUT2D eigenvalue weighted by atomic mass is 32.2. The molecule has 7 nitrogen and oxygen atoms in total. The molecule has 0 atom stereocenters. The zero-order chi connectivity index (χ0) is 18.0. The molecule has 9 heteroatoms. The van der Waals surface area contributed by atoms with Crippen molar-refractivity contribution in [3.63, 3.8) is 0 Å². The zero-order valence-corrected chi connectivity index (χ0v) is 15.3. The molecule has 1 aromatic heterocycles. The molecule has 25 heavy (non-hydrogen) atoms. The highest BCUT2D eigenvalue weighted by Gasteiger charge is 2.28. The topological polar surface area (TPSA) is 67.7 Å². The summed E-state index contributed by atoms with van der Waals surface area (Å²) in [5, 5.41) is 0. The SMILES string of the molecule is COCCCS(=O)(=O)N1CCN(c2nc3c(F)cccc3n2C)CC1. The molecule has 0 spiro atoms. The van der Waals surface area contributed by atoms with Crippen LogP contribution in [0.25, 0.3) is 11.0 Å². The van der Waals surface area contributed by atoms with E-state index in [1.54, 1.807) is 13.2 Å². The van der Waals surface area contributed by atoms with Crippen molar-refractivity contribution >= 4 is 27.0 Å². The number of aryl methyl sites for hydroxylation is 1. The second kappa shape index (κ2) is 7.27. The number of aromatic nitrogens is 2. The number of anilines is 1. The number of nitrogens with zero attached hydrogens (tertiary/aromatic N) is 4. The summed E-state index contributed by atoms with van der Waals surface area (Å²) in [5.74, 6) is 0.411. The average molecular weight is 370 g/mol. The van der Waals surface area contributed by atoms with Crippen molar-refractivity contribution in [2.45, 2.75) is 6.42 Å². The molecule has 1 aliphatic rings. The summed E-state index contributed by atoms with van der Waals surface area (Å²) in [6.45, 7) is 2.30. The number of rotatable bonds is 6. The van der Waals surface area contributed by atoms with E-state index in [2.05, 4.69) is 4.98 Å². The van der Waals surface area contributed by atoms with Crippen molar-refractivity contribution in [2.24, 2.45) is 7.05 Å². The molecular weight excluding hydrogens is 347 g/mol. The van der Waals surface area contributed by atoms with Gasteiger partial charge in [-0.05, 0) is 18.6 Å². The molecule has 138 valence electrons. The van der Waals surface area contributed by atoms with Crippen molar-refractivity contribution in [3.8, 4) is 0 Å². The van der Waals surface area contributed by atoms with E-state index < -0.39 is 10.0 Å². The number of benzene rings is 1. The Labute approximate surface area is 147 Å². The second-order valence-electron chi connectivity index (χ2n) is 6.13. The van der Waals surface area contributed by atoms with Crippen LogP contribution in [0, 0.1) is 5.82 Å². The first kappa shape index (κ1) is 18.1. The smallest absolute Gasteiger partial charge is 0.214 e. The summed E-state index contributed by atoms with van der Waals surface area (Å²) in [7, 11) is 0.143. The van der Waals surface area contributed by atoms with Gasteiger partial charge in [0.15, 0.2) is 5.82 Å². The lowest BCUT2D eigenvalue weighted by molar-refractivity contribution is 0.199. The summed E-state index contributed by atoms with van der Waals surface area (Å²) in [6.07, 6.45) is 0.489. The molecule has 0 saturated carbocycles. The molecule has 1 fully saturated rings. The summed E-state index contributed by atoms with van der Waals surface area (Å²) >= 11 is 0. The lowest BCUT2D eigenvalue weighted by Gasteiger charge is -2.34. The number of fused-ring (bicyclic) bond motifs is 1. The normalized spacial score (nSPS) is 16.7. The van der Waals surface area contributed by atoms with Crippen LogP contribution >= 0.6 is 0 Å². The van der Waals surface area contributed by atoms with Gasteiger partial charge in [0.1, 0.15) is 5.52 Å². The Bertz CT molecular complexity index is 844. The third-order valence-corrected chi connectivity index (χ3v) is 6.46. The number of methoxy groups -OCH3 is 1. The van der Waals surface area contributed by atoms with E-state index in [0.29, 0.717) is 50.7 Å². The molecule has 1 aliphatic heterocycles. The number of sulfonamides is 1. The van der Waals surface area contributed by atoms with Crippen molar-refractivity contribution in [1.82, 2.24) is 13.9 Å². The number of imidazole rings is 1. The molecule has 2 aromatic rings. The van der Waals surface area contributed by atoms with Crippen LogP contribution in [-0.4, -0.2) is 67.9 Å². The van der Waals surface area contributed by atoms with Crippen LogP contribution in [0.4, 0.5) is 10.3 Å². The fourth-order valence-corrected chi connectivity index (χ4v) is 4.59. The van der Waals surface area contributed by atoms with Crippen molar-refractivity contribution in [1.29, 1.82) is 0 Å². The Morgan fingerprint density at radius 3 is 2.60 bits per heavy atom. The predicted octanol–water partition coefficient (Wildman–Crippen LogP) is 1.20. The molecule has 1 aromatic carbocycles. The van der Waals surface area contributed by atoms with Gasteiger partial charge in [0, 0.05) is 46.9 Å². The van der Waals surface area contributed by atoms with Gasteiger partial charge in [-0.25, -0.2) is 17.8 Å². The minimum Gasteiger partial charge on any atom is -0.385 e. The van der Waals surface area contributed by atoms with Gasteiger partial charge in [0.25, 0.3) is 0 Å². The zero-order valence-electron chi connectivity index (χ0n) is 14.5. The van der Waals surface area contributed by atoms with Crippen molar-refractivity contribution in [3.05, 3.63) is 24.0 Å². The van der Waals surface area contributed by atoms with Crippen LogP contribution in [0.15, 0.2) is 18.2 Å². The van der Waals surface area contributed by atoms with E-state index in [9.17, 15) is 12.8 Å². The van der Waals surface area contributed by atoms with E-state index in [0.717, 1.165) is 5.52 Å². The molecular formula is C16H23FN4O3S. The highest BCUT2D eigenvalue weighted by Crippen LogP contribution is 2.24. The van der Waals surface area contributed by atoms with Crippen LogP contribution < -0.4 is 4.90 Å². The van der Waals surface area contributed by atoms with E-state index in [4.69, 9.17) is 4.74 Å². The monoisotopic (exact) mass is 370 g/mol. The van der Waals surface area contributed by atoms with Crippen LogP contribution in [0.1, 0.15) is 6.42 Å². The minimum absolute atomic E-state index is 0.0956. The van der Waals surface area contributed by atoms with E-state index >= 15 is 0 Å². The Morgan fingerprint density at radius 2 is 1.96 bits per heavy atom. The fourth-order valence-electron chi connectivity index (χ4n) is 3.13. The molecule has 0 N–H and O–H groups in total.